The molecule has 5 aromatic rings. The van der Waals surface area contributed by atoms with E-state index in [2.05, 4.69) is 85.3 Å². The molecule has 2 aromatic heterocycles. The van der Waals surface area contributed by atoms with E-state index in [0.717, 1.165) is 0 Å². The lowest BCUT2D eigenvalue weighted by molar-refractivity contribution is 1.47. The number of thioether (sulfide) groups is 2. The molecule has 0 nitrogen and oxygen atoms in total. The third-order valence-corrected chi connectivity index (χ3v) is 8.75. The van der Waals surface area contributed by atoms with Crippen molar-refractivity contribution in [3.8, 4) is 20.9 Å². The summed E-state index contributed by atoms with van der Waals surface area (Å²) in [5.74, 6) is 0. The Morgan fingerprint density at radius 3 is 1.43 bits per heavy atom. The molecular weight excluding hydrogens is 417 g/mol. The average Bonchev–Trinajstić information content (AvgIpc) is 3.34. The van der Waals surface area contributed by atoms with Gasteiger partial charge in [0.1, 0.15) is 0 Å². The standard InChI is InChI=1S/C24H18S4/c1-25-19-9-5-3-7-17(19)23-13-15-11-22-16(12-21(15)27-23)14-24(28-22)18-8-4-6-10-20(18)26-2/h3-14H,1-2H3. The van der Waals surface area contributed by atoms with Gasteiger partial charge in [0.2, 0.25) is 0 Å². The van der Waals surface area contributed by atoms with Crippen molar-refractivity contribution in [1.29, 1.82) is 0 Å². The zero-order chi connectivity index (χ0) is 19.1. The van der Waals surface area contributed by atoms with E-state index in [9.17, 15) is 0 Å². The Morgan fingerprint density at radius 1 is 0.571 bits per heavy atom. The smallest absolute Gasteiger partial charge is 0.0366 e. The Morgan fingerprint density at radius 2 is 1.00 bits per heavy atom. The summed E-state index contributed by atoms with van der Waals surface area (Å²) in [5, 5.41) is 2.69. The van der Waals surface area contributed by atoms with Crippen LogP contribution in [0.5, 0.6) is 0 Å². The number of fused-ring (bicyclic) bond motifs is 2. The molecule has 0 saturated carbocycles. The van der Waals surface area contributed by atoms with Crippen molar-refractivity contribution in [2.45, 2.75) is 9.79 Å². The summed E-state index contributed by atoms with van der Waals surface area (Å²) in [6, 6.07) is 26.8. The fourth-order valence-electron chi connectivity index (χ4n) is 3.53. The summed E-state index contributed by atoms with van der Waals surface area (Å²) in [7, 11) is 0. The largest absolute Gasteiger partial charge is 0.135 e. The minimum atomic E-state index is 1.34. The highest BCUT2D eigenvalue weighted by Crippen LogP contribution is 2.43. The van der Waals surface area contributed by atoms with Gasteiger partial charge in [-0.15, -0.1) is 46.2 Å². The lowest BCUT2D eigenvalue weighted by atomic mass is 10.1. The molecule has 0 bridgehead atoms. The molecule has 0 amide bonds. The number of benzene rings is 3. The van der Waals surface area contributed by atoms with Crippen molar-refractivity contribution >= 4 is 66.4 Å². The first kappa shape index (κ1) is 18.3. The lowest BCUT2D eigenvalue weighted by Crippen LogP contribution is -1.76. The van der Waals surface area contributed by atoms with Crippen molar-refractivity contribution in [2.24, 2.45) is 0 Å². The van der Waals surface area contributed by atoms with E-state index in [-0.39, 0.29) is 0 Å². The van der Waals surface area contributed by atoms with Gasteiger partial charge in [0.25, 0.3) is 0 Å². The molecule has 0 radical (unpaired) electrons. The molecule has 0 aliphatic heterocycles. The zero-order valence-electron chi connectivity index (χ0n) is 15.6. The van der Waals surface area contributed by atoms with Crippen molar-refractivity contribution < 1.29 is 0 Å². The Hall–Kier alpha value is -1.72. The van der Waals surface area contributed by atoms with E-state index >= 15 is 0 Å². The number of hydrogen-bond acceptors (Lipinski definition) is 4. The highest BCUT2D eigenvalue weighted by Gasteiger charge is 2.12. The van der Waals surface area contributed by atoms with Crippen LogP contribution in [0.3, 0.4) is 0 Å². The van der Waals surface area contributed by atoms with Crippen LogP contribution in [-0.2, 0) is 0 Å². The van der Waals surface area contributed by atoms with Crippen LogP contribution in [0.2, 0.25) is 0 Å². The van der Waals surface area contributed by atoms with Gasteiger partial charge in [0.05, 0.1) is 0 Å². The highest BCUT2D eigenvalue weighted by molar-refractivity contribution is 7.99. The van der Waals surface area contributed by atoms with E-state index in [1.807, 2.05) is 46.2 Å². The van der Waals surface area contributed by atoms with Gasteiger partial charge >= 0.3 is 0 Å². The van der Waals surface area contributed by atoms with Crippen LogP contribution >= 0.6 is 46.2 Å². The molecule has 0 unspecified atom stereocenters. The molecule has 2 heterocycles. The van der Waals surface area contributed by atoms with Gasteiger partial charge in [-0.05, 0) is 59.7 Å². The summed E-state index contributed by atoms with van der Waals surface area (Å²) in [5.41, 5.74) is 2.68. The zero-order valence-corrected chi connectivity index (χ0v) is 18.8. The van der Waals surface area contributed by atoms with Gasteiger partial charge in [-0.25, -0.2) is 0 Å². The van der Waals surface area contributed by atoms with E-state index in [1.54, 1.807) is 0 Å². The van der Waals surface area contributed by atoms with Gasteiger partial charge in [-0.1, -0.05) is 36.4 Å². The molecule has 0 fully saturated rings. The molecule has 0 N–H and O–H groups in total. The van der Waals surface area contributed by atoms with Gasteiger partial charge < -0.3 is 0 Å². The normalized spacial score (nSPS) is 11.5. The third kappa shape index (κ3) is 3.18. The molecular formula is C24H18S4. The quantitative estimate of drug-likeness (QED) is 0.259. The maximum absolute atomic E-state index is 2.36. The summed E-state index contributed by atoms with van der Waals surface area (Å²) >= 11 is 7.42. The predicted octanol–water partition coefficient (Wildman–Crippen LogP) is 8.89. The van der Waals surface area contributed by atoms with Crippen molar-refractivity contribution in [3.05, 3.63) is 72.8 Å². The van der Waals surface area contributed by atoms with Crippen LogP contribution in [-0.4, -0.2) is 12.5 Å². The molecule has 0 aliphatic carbocycles. The highest BCUT2D eigenvalue weighted by atomic mass is 32.2. The van der Waals surface area contributed by atoms with E-state index in [4.69, 9.17) is 0 Å². The molecule has 138 valence electrons. The van der Waals surface area contributed by atoms with Crippen LogP contribution in [0, 0.1) is 0 Å². The van der Waals surface area contributed by atoms with Crippen molar-refractivity contribution in [3.63, 3.8) is 0 Å². The number of thiophene rings is 2. The van der Waals surface area contributed by atoms with Gasteiger partial charge in [0.15, 0.2) is 0 Å². The Labute approximate surface area is 181 Å². The average molecular weight is 435 g/mol. The topological polar surface area (TPSA) is 0 Å². The second-order valence-corrected chi connectivity index (χ2v) is 10.4. The van der Waals surface area contributed by atoms with Crippen LogP contribution in [0.4, 0.5) is 0 Å². The molecule has 5 rings (SSSR count). The first-order valence-electron chi connectivity index (χ1n) is 9.01. The summed E-state index contributed by atoms with van der Waals surface area (Å²) in [6.07, 6.45) is 4.30. The van der Waals surface area contributed by atoms with E-state index < -0.39 is 0 Å². The fraction of sp³-hybridized carbons (Fsp3) is 0.0833. The fourth-order valence-corrected chi connectivity index (χ4v) is 7.15. The Kier molecular flexibility index (Phi) is 4.97. The van der Waals surface area contributed by atoms with Crippen molar-refractivity contribution in [1.82, 2.24) is 0 Å². The molecule has 0 aliphatic rings. The summed E-state index contributed by atoms with van der Waals surface area (Å²) in [4.78, 5) is 5.38. The lowest BCUT2D eigenvalue weighted by Gasteiger charge is -2.03. The first-order chi connectivity index (χ1) is 13.8. The third-order valence-electron chi connectivity index (χ3n) is 4.90. The van der Waals surface area contributed by atoms with Gasteiger partial charge in [-0.3, -0.25) is 0 Å². The van der Waals surface area contributed by atoms with Gasteiger partial charge in [0, 0.05) is 40.1 Å². The molecule has 3 aromatic carbocycles. The maximum Gasteiger partial charge on any atom is 0.0366 e. The molecule has 28 heavy (non-hydrogen) atoms. The minimum absolute atomic E-state index is 1.34. The van der Waals surface area contributed by atoms with Gasteiger partial charge in [-0.2, -0.15) is 0 Å². The molecule has 0 saturated heterocycles. The SMILES string of the molecule is CSc1ccccc1-c1cc2cc3sc(-c4ccccc4SC)cc3cc2s1. The Balaban J connectivity index is 1.63. The number of rotatable bonds is 4. The van der Waals surface area contributed by atoms with E-state index in [0.29, 0.717) is 0 Å². The molecule has 4 heteroatoms. The van der Waals surface area contributed by atoms with Crippen LogP contribution in [0.25, 0.3) is 41.1 Å². The minimum Gasteiger partial charge on any atom is -0.135 e. The Bertz CT molecular complexity index is 1140. The summed E-state index contributed by atoms with van der Waals surface area (Å²) < 4.78 is 2.72. The maximum atomic E-state index is 2.36. The monoisotopic (exact) mass is 434 g/mol. The van der Waals surface area contributed by atoms with Crippen LogP contribution < -0.4 is 0 Å². The second kappa shape index (κ2) is 7.60. The van der Waals surface area contributed by atoms with Crippen LogP contribution in [0.1, 0.15) is 0 Å². The van der Waals surface area contributed by atoms with Crippen molar-refractivity contribution in [2.75, 3.05) is 12.5 Å². The second-order valence-electron chi connectivity index (χ2n) is 6.55. The van der Waals surface area contributed by atoms with Crippen LogP contribution in [0.15, 0.2) is 82.6 Å². The first-order valence-corrected chi connectivity index (χ1v) is 13.1. The number of hydrogen-bond donors (Lipinski definition) is 0. The molecule has 0 atom stereocenters. The van der Waals surface area contributed by atoms with E-state index in [1.165, 1.54) is 50.8 Å². The predicted molar refractivity (Wildman–Crippen MR) is 132 cm³/mol. The summed E-state index contributed by atoms with van der Waals surface area (Å²) in [6.45, 7) is 0. The molecule has 0 spiro atoms.